The zero-order valence-corrected chi connectivity index (χ0v) is 22.8. The maximum absolute atomic E-state index is 5.61. The first-order valence-corrected chi connectivity index (χ1v) is 13.1. The molecule has 0 aliphatic carbocycles. The molecule has 0 spiro atoms. The lowest BCUT2D eigenvalue weighted by Crippen LogP contribution is -2.61. The molecular formula is C24H40IN5OS. The fourth-order valence-electron chi connectivity index (χ4n) is 5.34. The van der Waals surface area contributed by atoms with Crippen molar-refractivity contribution in [2.75, 3.05) is 77.6 Å². The molecule has 2 unspecified atom stereocenters. The number of nitrogens with one attached hydrogen (secondary N) is 1. The van der Waals surface area contributed by atoms with E-state index in [-0.39, 0.29) is 29.5 Å². The predicted molar refractivity (Wildman–Crippen MR) is 146 cm³/mol. The SMILES string of the molecule is CCC(c1ccccc1)N1CCN(C(=NC)NCC2(N3CCOCC3)CCSC2)CC1.I. The largest absolute Gasteiger partial charge is 0.379 e. The lowest BCUT2D eigenvalue weighted by atomic mass is 9.95. The highest BCUT2D eigenvalue weighted by Crippen LogP contribution is 2.33. The third kappa shape index (κ3) is 6.11. The van der Waals surface area contributed by atoms with E-state index in [0.717, 1.165) is 71.4 Å². The molecule has 8 heteroatoms. The molecule has 0 saturated carbocycles. The molecule has 1 aromatic rings. The van der Waals surface area contributed by atoms with Crippen LogP contribution in [0, 0.1) is 0 Å². The Morgan fingerprint density at radius 3 is 2.44 bits per heavy atom. The van der Waals surface area contributed by atoms with Gasteiger partial charge in [0.1, 0.15) is 0 Å². The standard InChI is InChI=1S/C24H39N5OS.HI/c1-3-22(21-7-5-4-6-8-21)27-10-12-28(13-11-27)23(25-2)26-19-24(9-18-31-20-24)29-14-16-30-17-15-29;/h4-8,22H,3,9-20H2,1-2H3,(H,25,26);1H. The van der Waals surface area contributed by atoms with E-state index in [4.69, 9.17) is 4.74 Å². The summed E-state index contributed by atoms with van der Waals surface area (Å²) in [6.07, 6.45) is 2.40. The van der Waals surface area contributed by atoms with Gasteiger partial charge < -0.3 is 15.0 Å². The van der Waals surface area contributed by atoms with Crippen LogP contribution >= 0.6 is 35.7 Å². The number of benzene rings is 1. The number of nitrogens with zero attached hydrogens (tertiary/aromatic N) is 4. The van der Waals surface area contributed by atoms with Gasteiger partial charge in [-0.2, -0.15) is 11.8 Å². The average molecular weight is 574 g/mol. The van der Waals surface area contributed by atoms with Gasteiger partial charge in [0.25, 0.3) is 0 Å². The van der Waals surface area contributed by atoms with Crippen molar-refractivity contribution in [2.24, 2.45) is 4.99 Å². The van der Waals surface area contributed by atoms with Crippen LogP contribution in [0.25, 0.3) is 0 Å². The summed E-state index contributed by atoms with van der Waals surface area (Å²) in [5.74, 6) is 3.53. The minimum atomic E-state index is 0. The molecule has 3 heterocycles. The van der Waals surface area contributed by atoms with Gasteiger partial charge in [-0.05, 0) is 24.2 Å². The highest BCUT2D eigenvalue weighted by atomic mass is 127. The molecule has 3 aliphatic heterocycles. The van der Waals surface area contributed by atoms with Gasteiger partial charge in [-0.1, -0.05) is 37.3 Å². The van der Waals surface area contributed by atoms with E-state index in [1.807, 2.05) is 7.05 Å². The van der Waals surface area contributed by atoms with Crippen LogP contribution in [-0.4, -0.2) is 104 Å². The van der Waals surface area contributed by atoms with Crippen molar-refractivity contribution in [1.82, 2.24) is 20.0 Å². The molecule has 3 fully saturated rings. The predicted octanol–water partition coefficient (Wildman–Crippen LogP) is 3.16. The van der Waals surface area contributed by atoms with Crippen LogP contribution < -0.4 is 5.32 Å². The summed E-state index contributed by atoms with van der Waals surface area (Å²) in [4.78, 5) is 12.4. The molecule has 1 N–H and O–H groups in total. The zero-order valence-electron chi connectivity index (χ0n) is 19.7. The number of guanidine groups is 1. The number of hydrogen-bond acceptors (Lipinski definition) is 5. The molecular weight excluding hydrogens is 533 g/mol. The first-order chi connectivity index (χ1) is 15.3. The van der Waals surface area contributed by atoms with Crippen LogP contribution in [-0.2, 0) is 4.74 Å². The van der Waals surface area contributed by atoms with E-state index < -0.39 is 0 Å². The monoisotopic (exact) mass is 573 g/mol. The molecule has 6 nitrogen and oxygen atoms in total. The summed E-state index contributed by atoms with van der Waals surface area (Å²) in [5, 5.41) is 3.77. The maximum atomic E-state index is 5.61. The summed E-state index contributed by atoms with van der Waals surface area (Å²) >= 11 is 2.09. The third-order valence-corrected chi connectivity index (χ3v) is 8.41. The summed E-state index contributed by atoms with van der Waals surface area (Å²) in [7, 11) is 1.93. The second kappa shape index (κ2) is 12.8. The molecule has 180 valence electrons. The topological polar surface area (TPSA) is 43.3 Å². The van der Waals surface area contributed by atoms with E-state index in [1.54, 1.807) is 0 Å². The number of rotatable bonds is 6. The van der Waals surface area contributed by atoms with Gasteiger partial charge in [0.05, 0.1) is 13.2 Å². The number of halogens is 1. The maximum Gasteiger partial charge on any atom is 0.193 e. The van der Waals surface area contributed by atoms with Gasteiger partial charge in [-0.25, -0.2) is 0 Å². The second-order valence-corrected chi connectivity index (χ2v) is 9.99. The molecule has 0 amide bonds. The molecule has 4 rings (SSSR count). The highest BCUT2D eigenvalue weighted by Gasteiger charge is 2.41. The molecule has 0 aromatic heterocycles. The van der Waals surface area contributed by atoms with Crippen LogP contribution in [0.3, 0.4) is 0 Å². The Kier molecular flexibility index (Phi) is 10.4. The Morgan fingerprint density at radius 1 is 1.12 bits per heavy atom. The van der Waals surface area contributed by atoms with Crippen molar-refractivity contribution in [3.63, 3.8) is 0 Å². The summed E-state index contributed by atoms with van der Waals surface area (Å²) < 4.78 is 5.61. The average Bonchev–Trinajstić information content (AvgIpc) is 3.32. The number of thioether (sulfide) groups is 1. The number of piperazine rings is 1. The molecule has 2 atom stereocenters. The normalized spacial score (nSPS) is 26.6. The fraction of sp³-hybridized carbons (Fsp3) is 0.708. The number of hydrogen-bond donors (Lipinski definition) is 1. The number of ether oxygens (including phenoxy) is 1. The van der Waals surface area contributed by atoms with Crippen LogP contribution in [0.15, 0.2) is 35.3 Å². The summed E-state index contributed by atoms with van der Waals surface area (Å²) in [5.41, 5.74) is 1.68. The van der Waals surface area contributed by atoms with E-state index in [1.165, 1.54) is 23.5 Å². The second-order valence-electron chi connectivity index (χ2n) is 8.88. The van der Waals surface area contributed by atoms with E-state index >= 15 is 0 Å². The Hall–Kier alpha value is -0.550. The van der Waals surface area contributed by atoms with Crippen molar-refractivity contribution in [3.8, 4) is 0 Å². The fourth-order valence-corrected chi connectivity index (χ4v) is 6.81. The quantitative estimate of drug-likeness (QED) is 0.321. The molecule has 32 heavy (non-hydrogen) atoms. The van der Waals surface area contributed by atoms with Gasteiger partial charge >= 0.3 is 0 Å². The first kappa shape index (κ1) is 26.1. The minimum absolute atomic E-state index is 0. The summed E-state index contributed by atoms with van der Waals surface area (Å²) in [6, 6.07) is 11.5. The number of aliphatic imine (C=N–C) groups is 1. The van der Waals surface area contributed by atoms with E-state index in [0.29, 0.717) is 6.04 Å². The van der Waals surface area contributed by atoms with Crippen LogP contribution in [0.1, 0.15) is 31.4 Å². The van der Waals surface area contributed by atoms with Gasteiger partial charge in [0, 0.05) is 70.2 Å². The Balaban J connectivity index is 0.00000289. The molecule has 3 saturated heterocycles. The van der Waals surface area contributed by atoms with E-state index in [9.17, 15) is 0 Å². The highest BCUT2D eigenvalue weighted by molar-refractivity contribution is 14.0. The molecule has 1 aromatic carbocycles. The van der Waals surface area contributed by atoms with Crippen molar-refractivity contribution in [2.45, 2.75) is 31.3 Å². The van der Waals surface area contributed by atoms with Gasteiger partial charge in [-0.3, -0.25) is 14.8 Å². The Morgan fingerprint density at radius 2 is 1.84 bits per heavy atom. The van der Waals surface area contributed by atoms with Crippen LogP contribution in [0.4, 0.5) is 0 Å². The van der Waals surface area contributed by atoms with Gasteiger partial charge in [0.15, 0.2) is 5.96 Å². The van der Waals surface area contributed by atoms with Crippen molar-refractivity contribution >= 4 is 41.7 Å². The lowest BCUT2D eigenvalue weighted by Gasteiger charge is -2.44. The molecule has 0 radical (unpaired) electrons. The van der Waals surface area contributed by atoms with Crippen molar-refractivity contribution in [3.05, 3.63) is 35.9 Å². The van der Waals surface area contributed by atoms with Gasteiger partial charge in [-0.15, -0.1) is 24.0 Å². The van der Waals surface area contributed by atoms with Crippen molar-refractivity contribution in [1.29, 1.82) is 0 Å². The Bertz CT molecular complexity index is 702. The van der Waals surface area contributed by atoms with Crippen LogP contribution in [0.5, 0.6) is 0 Å². The van der Waals surface area contributed by atoms with Crippen LogP contribution in [0.2, 0.25) is 0 Å². The minimum Gasteiger partial charge on any atom is -0.379 e. The smallest absolute Gasteiger partial charge is 0.193 e. The van der Waals surface area contributed by atoms with E-state index in [2.05, 4.69) is 74.0 Å². The lowest BCUT2D eigenvalue weighted by molar-refractivity contribution is -0.0122. The third-order valence-electron chi connectivity index (χ3n) is 7.18. The Labute approximate surface area is 215 Å². The first-order valence-electron chi connectivity index (χ1n) is 11.9. The molecule has 3 aliphatic rings. The summed E-state index contributed by atoms with van der Waals surface area (Å²) in [6.45, 7) is 11.3. The van der Waals surface area contributed by atoms with Gasteiger partial charge in [0.2, 0.25) is 0 Å². The zero-order chi connectivity index (χ0) is 21.5. The van der Waals surface area contributed by atoms with Crippen molar-refractivity contribution < 1.29 is 4.74 Å². The molecule has 0 bridgehead atoms. The number of morpholine rings is 1.